The highest BCUT2D eigenvalue weighted by atomic mass is 16.2. The van der Waals surface area contributed by atoms with Gasteiger partial charge in [-0.3, -0.25) is 4.79 Å². The van der Waals surface area contributed by atoms with Gasteiger partial charge in [-0.25, -0.2) is 0 Å². The predicted molar refractivity (Wildman–Crippen MR) is 83.8 cm³/mol. The summed E-state index contributed by atoms with van der Waals surface area (Å²) in [5, 5.41) is 0. The van der Waals surface area contributed by atoms with Gasteiger partial charge in [-0.1, -0.05) is 52.0 Å². The second-order valence-corrected chi connectivity index (χ2v) is 6.93. The van der Waals surface area contributed by atoms with Crippen molar-refractivity contribution >= 4 is 5.91 Å². The fourth-order valence-corrected chi connectivity index (χ4v) is 4.07. The van der Waals surface area contributed by atoms with Crippen LogP contribution in [0.5, 0.6) is 0 Å². The van der Waals surface area contributed by atoms with Crippen molar-refractivity contribution in [1.29, 1.82) is 0 Å². The maximum atomic E-state index is 12.6. The Bertz CT molecular complexity index is 494. The third-order valence-electron chi connectivity index (χ3n) is 5.18. The minimum atomic E-state index is 0.0194. The molecule has 1 aromatic rings. The predicted octanol–water partition coefficient (Wildman–Crippen LogP) is 3.81. The minimum Gasteiger partial charge on any atom is -0.348 e. The van der Waals surface area contributed by atoms with Crippen LogP contribution in [0.25, 0.3) is 0 Å². The van der Waals surface area contributed by atoms with Crippen LogP contribution in [-0.4, -0.2) is 24.9 Å². The molecule has 0 aliphatic heterocycles. The molecule has 0 saturated heterocycles. The number of amides is 1. The average molecular weight is 273 g/mol. The minimum absolute atomic E-state index is 0.0194. The lowest BCUT2D eigenvalue weighted by Crippen LogP contribution is -2.37. The molecule has 2 rings (SSSR count). The van der Waals surface area contributed by atoms with Gasteiger partial charge in [-0.2, -0.15) is 0 Å². The zero-order valence-electron chi connectivity index (χ0n) is 13.6. The molecule has 1 unspecified atom stereocenters. The number of likely N-dealkylation sites (N-methyl/N-ethyl adjacent to an activating group) is 1. The lowest BCUT2D eigenvalue weighted by atomic mass is 9.65. The Morgan fingerprint density at radius 2 is 1.70 bits per heavy atom. The van der Waals surface area contributed by atoms with E-state index in [1.165, 1.54) is 11.1 Å². The van der Waals surface area contributed by atoms with Crippen LogP contribution in [-0.2, 0) is 10.2 Å². The number of carbonyl (C=O) groups excluding carboxylic acids is 1. The molecule has 110 valence electrons. The van der Waals surface area contributed by atoms with Gasteiger partial charge in [-0.15, -0.1) is 0 Å². The first-order chi connectivity index (χ1) is 9.32. The van der Waals surface area contributed by atoms with Gasteiger partial charge in [0.25, 0.3) is 0 Å². The summed E-state index contributed by atoms with van der Waals surface area (Å²) in [6.45, 7) is 9.16. The van der Waals surface area contributed by atoms with E-state index in [1.54, 1.807) is 4.90 Å². The molecule has 0 bridgehead atoms. The maximum absolute atomic E-state index is 12.6. The van der Waals surface area contributed by atoms with Gasteiger partial charge in [0.1, 0.15) is 0 Å². The maximum Gasteiger partial charge on any atom is 0.229 e. The molecule has 1 aliphatic rings. The van der Waals surface area contributed by atoms with E-state index in [0.29, 0.717) is 11.8 Å². The van der Waals surface area contributed by atoms with Gasteiger partial charge in [0.15, 0.2) is 0 Å². The van der Waals surface area contributed by atoms with Crippen molar-refractivity contribution in [2.45, 2.75) is 45.4 Å². The van der Waals surface area contributed by atoms with E-state index < -0.39 is 0 Å². The van der Waals surface area contributed by atoms with Crippen molar-refractivity contribution in [3.8, 4) is 0 Å². The molecular weight excluding hydrogens is 246 g/mol. The van der Waals surface area contributed by atoms with E-state index in [0.717, 1.165) is 6.42 Å². The highest BCUT2D eigenvalue weighted by Gasteiger charge is 2.49. The molecule has 0 radical (unpaired) electrons. The van der Waals surface area contributed by atoms with Gasteiger partial charge < -0.3 is 4.90 Å². The molecule has 0 heterocycles. The summed E-state index contributed by atoms with van der Waals surface area (Å²) < 4.78 is 0. The number of rotatable bonds is 3. The lowest BCUT2D eigenvalue weighted by molar-refractivity contribution is -0.130. The zero-order chi connectivity index (χ0) is 15.1. The summed E-state index contributed by atoms with van der Waals surface area (Å²) in [5.41, 5.74) is 2.76. The second-order valence-electron chi connectivity index (χ2n) is 6.93. The molecule has 20 heavy (non-hydrogen) atoms. The van der Waals surface area contributed by atoms with Crippen LogP contribution in [0.4, 0.5) is 0 Å². The Balaban J connectivity index is 2.58. The third kappa shape index (κ3) is 2.06. The molecule has 1 amide bonds. The Morgan fingerprint density at radius 1 is 1.15 bits per heavy atom. The highest BCUT2D eigenvalue weighted by molar-refractivity contribution is 5.85. The topological polar surface area (TPSA) is 20.3 Å². The molecule has 2 heteroatoms. The van der Waals surface area contributed by atoms with Crippen LogP contribution in [0.15, 0.2) is 24.3 Å². The first-order valence-corrected chi connectivity index (χ1v) is 7.63. The molecule has 0 fully saturated rings. The zero-order valence-corrected chi connectivity index (χ0v) is 13.6. The van der Waals surface area contributed by atoms with Gasteiger partial charge in [-0.05, 0) is 29.4 Å². The van der Waals surface area contributed by atoms with Crippen molar-refractivity contribution < 1.29 is 4.79 Å². The van der Waals surface area contributed by atoms with E-state index in [1.807, 2.05) is 14.1 Å². The van der Waals surface area contributed by atoms with E-state index in [2.05, 4.69) is 52.0 Å². The second kappa shape index (κ2) is 5.23. The Kier molecular flexibility index (Phi) is 3.95. The van der Waals surface area contributed by atoms with Gasteiger partial charge in [0.05, 0.1) is 5.92 Å². The summed E-state index contributed by atoms with van der Waals surface area (Å²) in [5.74, 6) is 1.32. The van der Waals surface area contributed by atoms with Crippen molar-refractivity contribution in [1.82, 2.24) is 4.90 Å². The molecule has 1 aliphatic carbocycles. The fourth-order valence-electron chi connectivity index (χ4n) is 4.07. The van der Waals surface area contributed by atoms with E-state index >= 15 is 0 Å². The molecule has 1 aromatic carbocycles. The highest BCUT2D eigenvalue weighted by Crippen LogP contribution is 2.54. The summed E-state index contributed by atoms with van der Waals surface area (Å²) in [6.07, 6.45) is 0.943. The first kappa shape index (κ1) is 15.1. The number of hydrogen-bond acceptors (Lipinski definition) is 1. The third-order valence-corrected chi connectivity index (χ3v) is 5.18. The molecule has 0 N–H and O–H groups in total. The Hall–Kier alpha value is -1.31. The molecule has 0 aromatic heterocycles. The number of carbonyl (C=O) groups is 1. The summed E-state index contributed by atoms with van der Waals surface area (Å²) >= 11 is 0. The van der Waals surface area contributed by atoms with Crippen LogP contribution >= 0.6 is 0 Å². The van der Waals surface area contributed by atoms with E-state index in [4.69, 9.17) is 0 Å². The van der Waals surface area contributed by atoms with Crippen molar-refractivity contribution in [2.24, 2.45) is 11.8 Å². The number of nitrogens with zero attached hydrogens (tertiary/aromatic N) is 1. The van der Waals surface area contributed by atoms with E-state index in [-0.39, 0.29) is 17.2 Å². The molecule has 0 saturated carbocycles. The Labute approximate surface area is 123 Å². The van der Waals surface area contributed by atoms with Gasteiger partial charge in [0, 0.05) is 19.5 Å². The standard InChI is InChI=1S/C18H27NO/c1-12(2)18(13(3)4)11-15(17(20)19(5)6)14-9-7-8-10-16(14)18/h7-10,12-13,15H,11H2,1-6H3. The lowest BCUT2D eigenvalue weighted by Gasteiger charge is -2.39. The molecule has 2 nitrogen and oxygen atoms in total. The van der Waals surface area contributed by atoms with Crippen molar-refractivity contribution in [2.75, 3.05) is 14.1 Å². The quantitative estimate of drug-likeness (QED) is 0.820. The number of hydrogen-bond donors (Lipinski definition) is 0. The van der Waals surface area contributed by atoms with Crippen LogP contribution in [0.3, 0.4) is 0 Å². The molecule has 1 atom stereocenters. The van der Waals surface area contributed by atoms with Crippen molar-refractivity contribution in [3.05, 3.63) is 35.4 Å². The molecule has 0 spiro atoms. The smallest absolute Gasteiger partial charge is 0.229 e. The van der Waals surface area contributed by atoms with Crippen molar-refractivity contribution in [3.63, 3.8) is 0 Å². The normalized spacial score (nSPS) is 20.3. The van der Waals surface area contributed by atoms with E-state index in [9.17, 15) is 4.79 Å². The molecular formula is C18H27NO. The monoisotopic (exact) mass is 273 g/mol. The van der Waals surface area contributed by atoms with Crippen LogP contribution in [0.2, 0.25) is 0 Å². The summed E-state index contributed by atoms with van der Waals surface area (Å²) in [7, 11) is 3.71. The number of fused-ring (bicyclic) bond motifs is 1. The SMILES string of the molecule is CC(C)C1(C(C)C)CC(C(=O)N(C)C)c2ccccc21. The van der Waals surface area contributed by atoms with Crippen LogP contribution in [0.1, 0.15) is 51.2 Å². The largest absolute Gasteiger partial charge is 0.348 e. The number of benzene rings is 1. The van der Waals surface area contributed by atoms with Crippen LogP contribution in [0, 0.1) is 11.8 Å². The van der Waals surface area contributed by atoms with Gasteiger partial charge in [0.2, 0.25) is 5.91 Å². The summed E-state index contributed by atoms with van der Waals surface area (Å²) in [6, 6.07) is 8.55. The average Bonchev–Trinajstić information content (AvgIpc) is 2.74. The van der Waals surface area contributed by atoms with Gasteiger partial charge >= 0.3 is 0 Å². The Morgan fingerprint density at radius 3 is 2.20 bits per heavy atom. The first-order valence-electron chi connectivity index (χ1n) is 7.63. The fraction of sp³-hybridized carbons (Fsp3) is 0.611. The summed E-state index contributed by atoms with van der Waals surface area (Å²) in [4.78, 5) is 14.3. The van der Waals surface area contributed by atoms with Crippen LogP contribution < -0.4 is 0 Å².